The molecule has 29 heavy (non-hydrogen) atoms. The predicted molar refractivity (Wildman–Crippen MR) is 98.5 cm³/mol. The molecule has 2 saturated carbocycles. The van der Waals surface area contributed by atoms with Crippen LogP contribution in [0.5, 0.6) is 11.5 Å². The first-order chi connectivity index (χ1) is 14.1. The molecular weight excluding hydrogens is 374 g/mol. The van der Waals surface area contributed by atoms with Crippen molar-refractivity contribution in [3.63, 3.8) is 0 Å². The zero-order valence-corrected chi connectivity index (χ0v) is 15.9. The van der Waals surface area contributed by atoms with Gasteiger partial charge < -0.3 is 19.5 Å². The van der Waals surface area contributed by atoms with E-state index in [0.29, 0.717) is 43.8 Å². The summed E-state index contributed by atoms with van der Waals surface area (Å²) >= 11 is 0. The summed E-state index contributed by atoms with van der Waals surface area (Å²) in [5, 5.41) is 12.2. The van der Waals surface area contributed by atoms with Crippen molar-refractivity contribution in [2.24, 2.45) is 0 Å². The van der Waals surface area contributed by atoms with Gasteiger partial charge in [-0.2, -0.15) is 5.26 Å². The number of carbonyl (C=O) groups excluding carboxylic acids is 2. The van der Waals surface area contributed by atoms with Gasteiger partial charge in [-0.3, -0.25) is 9.69 Å². The van der Waals surface area contributed by atoms with Crippen LogP contribution in [0.1, 0.15) is 43.2 Å². The Bertz CT molecular complexity index is 967. The van der Waals surface area contributed by atoms with Crippen LogP contribution in [-0.2, 0) is 14.9 Å². The summed E-state index contributed by atoms with van der Waals surface area (Å²) in [4.78, 5) is 26.6. The summed E-state index contributed by atoms with van der Waals surface area (Å²) in [6, 6.07) is 5.33. The lowest BCUT2D eigenvalue weighted by Crippen LogP contribution is -2.53. The molecule has 1 atom stereocenters. The number of ether oxygens (including phenoxy) is 3. The van der Waals surface area contributed by atoms with Gasteiger partial charge in [0.05, 0.1) is 18.8 Å². The molecule has 8 heteroatoms. The summed E-state index contributed by atoms with van der Waals surface area (Å²) < 4.78 is 17.4. The van der Waals surface area contributed by atoms with Crippen molar-refractivity contribution in [2.45, 2.75) is 55.2 Å². The van der Waals surface area contributed by atoms with Crippen molar-refractivity contribution < 1.29 is 23.8 Å². The Labute approximate surface area is 167 Å². The van der Waals surface area contributed by atoms with Gasteiger partial charge in [0, 0.05) is 42.9 Å². The van der Waals surface area contributed by atoms with Gasteiger partial charge >= 0.3 is 6.03 Å². The molecule has 1 aromatic carbocycles. The van der Waals surface area contributed by atoms with Gasteiger partial charge in [-0.25, -0.2) is 4.79 Å². The number of hydrogen-bond acceptors (Lipinski definition) is 6. The van der Waals surface area contributed by atoms with Crippen LogP contribution in [0, 0.1) is 11.3 Å². The van der Waals surface area contributed by atoms with Crippen molar-refractivity contribution in [1.82, 2.24) is 10.2 Å². The minimum Gasteiger partial charge on any atom is -0.491 e. The van der Waals surface area contributed by atoms with Crippen LogP contribution in [0.25, 0.3) is 0 Å². The maximum absolute atomic E-state index is 12.8. The number of urea groups is 1. The van der Waals surface area contributed by atoms with Crippen LogP contribution >= 0.6 is 0 Å². The molecule has 2 aliphatic carbocycles. The molecule has 0 aromatic heterocycles. The van der Waals surface area contributed by atoms with E-state index in [1.807, 2.05) is 6.07 Å². The van der Waals surface area contributed by atoms with Gasteiger partial charge in [-0.05, 0) is 25.0 Å². The Morgan fingerprint density at radius 3 is 2.72 bits per heavy atom. The molecule has 3 amide bonds. The maximum atomic E-state index is 12.8. The van der Waals surface area contributed by atoms with Crippen LogP contribution in [0.3, 0.4) is 0 Å². The number of carbonyl (C=O) groups is 2. The highest BCUT2D eigenvalue weighted by molar-refractivity contribution is 6.07. The molecular formula is C21H21N3O5. The first-order valence-electron chi connectivity index (χ1n) is 10.2. The van der Waals surface area contributed by atoms with E-state index < -0.39 is 5.54 Å². The van der Waals surface area contributed by atoms with E-state index in [4.69, 9.17) is 14.2 Å². The highest BCUT2D eigenvalue weighted by Gasteiger charge is 2.57. The van der Waals surface area contributed by atoms with Crippen molar-refractivity contribution in [3.05, 3.63) is 23.3 Å². The molecule has 0 bridgehead atoms. The largest absolute Gasteiger partial charge is 0.491 e. The normalized spacial score (nSPS) is 33.3. The molecule has 0 radical (unpaired) electrons. The minimum absolute atomic E-state index is 0.000332. The maximum Gasteiger partial charge on any atom is 0.325 e. The predicted octanol–water partition coefficient (Wildman–Crippen LogP) is 1.60. The minimum atomic E-state index is -0.868. The van der Waals surface area contributed by atoms with E-state index >= 15 is 0 Å². The van der Waals surface area contributed by atoms with E-state index in [9.17, 15) is 14.9 Å². The molecule has 150 valence electrons. The quantitative estimate of drug-likeness (QED) is 0.781. The second-order valence-electron chi connectivity index (χ2n) is 8.85. The average molecular weight is 395 g/mol. The smallest absolute Gasteiger partial charge is 0.325 e. The second-order valence-corrected chi connectivity index (χ2v) is 8.85. The van der Waals surface area contributed by atoms with Crippen molar-refractivity contribution in [2.75, 3.05) is 19.8 Å². The number of nitriles is 1. The SMILES string of the molecule is N#Cc1ccc(OC2CC(N3C(=O)N[C@@]4(CCOC4)C3=O)C2)c2c1OCC21CC1. The first-order valence-corrected chi connectivity index (χ1v) is 10.2. The summed E-state index contributed by atoms with van der Waals surface area (Å²) in [7, 11) is 0. The third kappa shape index (κ3) is 2.28. The summed E-state index contributed by atoms with van der Waals surface area (Å²) in [6.07, 6.45) is 3.78. The fourth-order valence-electron chi connectivity index (χ4n) is 5.06. The molecule has 2 spiro atoms. The number of benzene rings is 1. The zero-order chi connectivity index (χ0) is 19.8. The van der Waals surface area contributed by atoms with Gasteiger partial charge in [0.15, 0.2) is 0 Å². The van der Waals surface area contributed by atoms with Crippen LogP contribution in [0.15, 0.2) is 12.1 Å². The summed E-state index contributed by atoms with van der Waals surface area (Å²) in [6.45, 7) is 1.35. The van der Waals surface area contributed by atoms with Crippen LogP contribution in [0.4, 0.5) is 4.79 Å². The molecule has 3 heterocycles. The molecule has 1 aromatic rings. The zero-order valence-electron chi connectivity index (χ0n) is 15.9. The third-order valence-corrected chi connectivity index (χ3v) is 7.06. The topological polar surface area (TPSA) is 101 Å². The monoisotopic (exact) mass is 395 g/mol. The fraction of sp³-hybridized carbons (Fsp3) is 0.571. The molecule has 8 nitrogen and oxygen atoms in total. The second kappa shape index (κ2) is 5.63. The molecule has 3 aliphatic heterocycles. The first kappa shape index (κ1) is 17.1. The summed E-state index contributed by atoms with van der Waals surface area (Å²) in [5.74, 6) is 1.26. The lowest BCUT2D eigenvalue weighted by atomic mass is 9.86. The van der Waals surface area contributed by atoms with E-state index in [0.717, 1.165) is 24.2 Å². The lowest BCUT2D eigenvalue weighted by molar-refractivity contribution is -0.135. The van der Waals surface area contributed by atoms with Gasteiger partial charge in [0.2, 0.25) is 0 Å². The highest BCUT2D eigenvalue weighted by Crippen LogP contribution is 2.59. The van der Waals surface area contributed by atoms with Gasteiger partial charge in [-0.15, -0.1) is 0 Å². The van der Waals surface area contributed by atoms with E-state index in [2.05, 4.69) is 11.4 Å². The number of amides is 3. The van der Waals surface area contributed by atoms with Gasteiger partial charge in [-0.1, -0.05) is 0 Å². The van der Waals surface area contributed by atoms with E-state index in [-0.39, 0.29) is 36.1 Å². The standard InChI is InChI=1S/C21H21N3O5/c22-9-12-1-2-15(16-17(12)28-10-20(16)3-4-20)29-14-7-13(8-14)24-18(25)21(23-19(24)26)5-6-27-11-21/h1-2,13-14H,3-8,10-11H2,(H,23,26)/t13?,14?,21-/m1/s1. The van der Waals surface area contributed by atoms with Crippen LogP contribution in [-0.4, -0.2) is 54.3 Å². The van der Waals surface area contributed by atoms with Gasteiger partial charge in [0.25, 0.3) is 5.91 Å². The van der Waals surface area contributed by atoms with E-state index in [1.54, 1.807) is 6.07 Å². The van der Waals surface area contributed by atoms with Gasteiger partial charge in [0.1, 0.15) is 29.2 Å². The molecule has 5 aliphatic rings. The number of nitrogens with zero attached hydrogens (tertiary/aromatic N) is 2. The average Bonchev–Trinajstić information content (AvgIpc) is 3.02. The number of fused-ring (bicyclic) bond motifs is 2. The number of imide groups is 1. The van der Waals surface area contributed by atoms with Crippen molar-refractivity contribution in [3.8, 4) is 17.6 Å². The Kier molecular flexibility index (Phi) is 3.32. The third-order valence-electron chi connectivity index (χ3n) is 7.06. The fourth-order valence-corrected chi connectivity index (χ4v) is 5.06. The van der Waals surface area contributed by atoms with Crippen molar-refractivity contribution in [1.29, 1.82) is 5.26 Å². The summed E-state index contributed by atoms with van der Waals surface area (Å²) in [5.41, 5.74) is 0.704. The molecule has 6 rings (SSSR count). The highest BCUT2D eigenvalue weighted by atomic mass is 16.5. The Balaban J connectivity index is 1.18. The molecule has 0 unspecified atom stereocenters. The molecule has 4 fully saturated rings. The number of nitrogens with one attached hydrogen (secondary N) is 1. The van der Waals surface area contributed by atoms with Crippen LogP contribution < -0.4 is 14.8 Å². The van der Waals surface area contributed by atoms with Crippen LogP contribution in [0.2, 0.25) is 0 Å². The molecule has 2 saturated heterocycles. The lowest BCUT2D eigenvalue weighted by Gasteiger charge is -2.40. The number of rotatable bonds is 3. The Morgan fingerprint density at radius 1 is 1.21 bits per heavy atom. The Hall–Kier alpha value is -2.79. The molecule has 1 N–H and O–H groups in total. The Morgan fingerprint density at radius 2 is 2.03 bits per heavy atom. The van der Waals surface area contributed by atoms with E-state index in [1.165, 1.54) is 4.90 Å². The van der Waals surface area contributed by atoms with Crippen molar-refractivity contribution >= 4 is 11.9 Å². The number of hydrogen-bond donors (Lipinski definition) is 1.